The van der Waals surface area contributed by atoms with Gasteiger partial charge in [0.1, 0.15) is 11.7 Å². The molecule has 0 aromatic rings. The molecule has 0 bridgehead atoms. The van der Waals surface area contributed by atoms with E-state index in [2.05, 4.69) is 0 Å². The Morgan fingerprint density at radius 3 is 1.67 bits per heavy atom. The van der Waals surface area contributed by atoms with Gasteiger partial charge in [-0.15, -0.1) is 0 Å². The molecule has 0 saturated heterocycles. The first kappa shape index (κ1) is 11.8. The summed E-state index contributed by atoms with van der Waals surface area (Å²) in [6.07, 6.45) is -3.24. The van der Waals surface area contributed by atoms with Crippen molar-refractivity contribution < 1.29 is 20.4 Å². The van der Waals surface area contributed by atoms with Crippen molar-refractivity contribution in [2.24, 2.45) is 0 Å². The van der Waals surface area contributed by atoms with Crippen LogP contribution < -0.4 is 0 Å². The van der Waals surface area contributed by atoms with Gasteiger partial charge in [0.25, 0.3) is 0 Å². The van der Waals surface area contributed by atoms with Gasteiger partial charge in [-0.25, -0.2) is 0 Å². The summed E-state index contributed by atoms with van der Waals surface area (Å²) < 4.78 is 0. The molecule has 0 radical (unpaired) electrons. The summed E-state index contributed by atoms with van der Waals surface area (Å²) in [5.74, 6) is 0. The SMILES string of the molecule is CC[C@](O)([C@H](C)O)[C@@H](O)[C@@H](C)O. The molecule has 0 aliphatic heterocycles. The van der Waals surface area contributed by atoms with E-state index in [0.29, 0.717) is 0 Å². The van der Waals surface area contributed by atoms with Crippen LogP contribution in [0.3, 0.4) is 0 Å². The number of rotatable bonds is 4. The molecule has 74 valence electrons. The fourth-order valence-electron chi connectivity index (χ4n) is 1.17. The molecule has 0 aromatic heterocycles. The quantitative estimate of drug-likeness (QED) is 0.456. The van der Waals surface area contributed by atoms with Gasteiger partial charge < -0.3 is 20.4 Å². The first-order valence-electron chi connectivity index (χ1n) is 4.12. The summed E-state index contributed by atoms with van der Waals surface area (Å²) in [5.41, 5.74) is -1.62. The molecule has 12 heavy (non-hydrogen) atoms. The molecular weight excluding hydrogens is 160 g/mol. The first-order valence-corrected chi connectivity index (χ1v) is 4.12. The van der Waals surface area contributed by atoms with Crippen molar-refractivity contribution in [2.45, 2.75) is 51.1 Å². The maximum atomic E-state index is 9.68. The van der Waals surface area contributed by atoms with Gasteiger partial charge in [-0.1, -0.05) is 6.92 Å². The molecule has 0 amide bonds. The van der Waals surface area contributed by atoms with Crippen LogP contribution in [0.5, 0.6) is 0 Å². The van der Waals surface area contributed by atoms with E-state index in [9.17, 15) is 10.2 Å². The van der Waals surface area contributed by atoms with Crippen LogP contribution in [0, 0.1) is 0 Å². The first-order chi connectivity index (χ1) is 5.36. The van der Waals surface area contributed by atoms with Gasteiger partial charge in [0.05, 0.1) is 12.2 Å². The second-order valence-electron chi connectivity index (χ2n) is 3.21. The third-order valence-corrected chi connectivity index (χ3v) is 2.26. The molecule has 4 N–H and O–H groups in total. The Morgan fingerprint density at radius 2 is 1.58 bits per heavy atom. The van der Waals surface area contributed by atoms with Crippen LogP contribution in [0.1, 0.15) is 27.2 Å². The van der Waals surface area contributed by atoms with Gasteiger partial charge in [0.15, 0.2) is 0 Å². The van der Waals surface area contributed by atoms with E-state index in [-0.39, 0.29) is 6.42 Å². The maximum absolute atomic E-state index is 9.68. The highest BCUT2D eigenvalue weighted by Crippen LogP contribution is 2.22. The van der Waals surface area contributed by atoms with Crippen molar-refractivity contribution in [3.63, 3.8) is 0 Å². The Morgan fingerprint density at radius 1 is 1.17 bits per heavy atom. The van der Waals surface area contributed by atoms with E-state index in [1.165, 1.54) is 13.8 Å². The Hall–Kier alpha value is -0.160. The second-order valence-corrected chi connectivity index (χ2v) is 3.21. The summed E-state index contributed by atoms with van der Waals surface area (Å²) in [5, 5.41) is 37.2. The van der Waals surface area contributed by atoms with Crippen molar-refractivity contribution in [3.05, 3.63) is 0 Å². The molecule has 4 nitrogen and oxygen atoms in total. The Kier molecular flexibility index (Phi) is 4.13. The maximum Gasteiger partial charge on any atom is 0.118 e. The lowest BCUT2D eigenvalue weighted by Crippen LogP contribution is -2.54. The molecule has 0 aliphatic carbocycles. The molecule has 4 heteroatoms. The van der Waals surface area contributed by atoms with E-state index >= 15 is 0 Å². The minimum absolute atomic E-state index is 0.191. The molecule has 0 saturated carbocycles. The largest absolute Gasteiger partial charge is 0.391 e. The number of hydrogen-bond acceptors (Lipinski definition) is 4. The fourth-order valence-corrected chi connectivity index (χ4v) is 1.17. The monoisotopic (exact) mass is 178 g/mol. The number of aliphatic hydroxyl groups is 4. The van der Waals surface area contributed by atoms with E-state index in [0.717, 1.165) is 0 Å². The lowest BCUT2D eigenvalue weighted by molar-refractivity contribution is -0.170. The Balaban J connectivity index is 4.51. The zero-order valence-corrected chi connectivity index (χ0v) is 7.73. The average Bonchev–Trinajstić information content (AvgIpc) is 2.01. The third kappa shape index (κ3) is 2.17. The van der Waals surface area contributed by atoms with E-state index < -0.39 is 23.9 Å². The number of hydrogen-bond donors (Lipinski definition) is 4. The van der Waals surface area contributed by atoms with Gasteiger partial charge in [0, 0.05) is 0 Å². The summed E-state index contributed by atoms with van der Waals surface area (Å²) in [6.45, 7) is 4.39. The standard InChI is InChI=1S/C8H18O4/c1-4-8(12,6(3)10)7(11)5(2)9/h5-7,9-12H,4H2,1-3H3/t5-,6+,7+,8+/m1/s1. The second kappa shape index (κ2) is 4.18. The van der Waals surface area contributed by atoms with Gasteiger partial charge in [-0.05, 0) is 20.3 Å². The van der Waals surface area contributed by atoms with Crippen LogP contribution in [-0.2, 0) is 0 Å². The van der Waals surface area contributed by atoms with Gasteiger partial charge in [-0.2, -0.15) is 0 Å². The zero-order valence-electron chi connectivity index (χ0n) is 7.73. The highest BCUT2D eigenvalue weighted by molar-refractivity contribution is 4.92. The molecule has 0 aliphatic rings. The molecule has 4 atom stereocenters. The molecule has 0 rings (SSSR count). The minimum atomic E-state index is -1.62. The average molecular weight is 178 g/mol. The predicted octanol–water partition coefficient (Wildman–Crippen LogP) is -0.750. The topological polar surface area (TPSA) is 80.9 Å². The van der Waals surface area contributed by atoms with Gasteiger partial charge >= 0.3 is 0 Å². The van der Waals surface area contributed by atoms with Crippen LogP contribution in [-0.4, -0.2) is 44.3 Å². The zero-order chi connectivity index (χ0) is 9.94. The molecule has 0 heterocycles. The van der Waals surface area contributed by atoms with E-state index in [1.54, 1.807) is 6.92 Å². The molecule has 0 unspecified atom stereocenters. The summed E-state index contributed by atoms with van der Waals surface area (Å²) >= 11 is 0. The van der Waals surface area contributed by atoms with Crippen LogP contribution in [0.2, 0.25) is 0 Å². The Labute approximate surface area is 72.5 Å². The molecular formula is C8H18O4. The van der Waals surface area contributed by atoms with Crippen molar-refractivity contribution in [2.75, 3.05) is 0 Å². The molecule has 0 fully saturated rings. The van der Waals surface area contributed by atoms with Crippen molar-refractivity contribution in [3.8, 4) is 0 Å². The van der Waals surface area contributed by atoms with Crippen molar-refractivity contribution >= 4 is 0 Å². The normalized spacial score (nSPS) is 24.2. The Bertz CT molecular complexity index is 135. The van der Waals surface area contributed by atoms with Crippen LogP contribution in [0.15, 0.2) is 0 Å². The van der Waals surface area contributed by atoms with Crippen LogP contribution >= 0.6 is 0 Å². The fraction of sp³-hybridized carbons (Fsp3) is 1.00. The summed E-state index contributed by atoms with van der Waals surface area (Å²) in [6, 6.07) is 0. The van der Waals surface area contributed by atoms with Gasteiger partial charge in [-0.3, -0.25) is 0 Å². The number of aliphatic hydroxyl groups excluding tert-OH is 3. The van der Waals surface area contributed by atoms with E-state index in [1.807, 2.05) is 0 Å². The minimum Gasteiger partial charge on any atom is -0.391 e. The van der Waals surface area contributed by atoms with Crippen molar-refractivity contribution in [1.82, 2.24) is 0 Å². The lowest BCUT2D eigenvalue weighted by atomic mass is 9.86. The smallest absolute Gasteiger partial charge is 0.118 e. The summed E-state index contributed by atoms with van der Waals surface area (Å²) in [4.78, 5) is 0. The van der Waals surface area contributed by atoms with Crippen molar-refractivity contribution in [1.29, 1.82) is 0 Å². The highest BCUT2D eigenvalue weighted by Gasteiger charge is 2.40. The van der Waals surface area contributed by atoms with Crippen LogP contribution in [0.4, 0.5) is 0 Å². The molecule has 0 aromatic carbocycles. The third-order valence-electron chi connectivity index (χ3n) is 2.26. The van der Waals surface area contributed by atoms with Crippen LogP contribution in [0.25, 0.3) is 0 Å². The molecule has 0 spiro atoms. The lowest BCUT2D eigenvalue weighted by Gasteiger charge is -2.36. The van der Waals surface area contributed by atoms with E-state index in [4.69, 9.17) is 10.2 Å². The highest BCUT2D eigenvalue weighted by atomic mass is 16.4. The predicted molar refractivity (Wildman–Crippen MR) is 44.6 cm³/mol. The van der Waals surface area contributed by atoms with Gasteiger partial charge in [0.2, 0.25) is 0 Å². The summed E-state index contributed by atoms with van der Waals surface area (Å²) in [7, 11) is 0.